The van der Waals surface area contributed by atoms with Crippen LogP contribution in [-0.2, 0) is 0 Å². The van der Waals surface area contributed by atoms with E-state index in [1.165, 1.54) is 51.6 Å². The average Bonchev–Trinajstić information content (AvgIpc) is 2.72. The van der Waals surface area contributed by atoms with Crippen molar-refractivity contribution in [1.82, 2.24) is 10.2 Å². The highest BCUT2D eigenvalue weighted by molar-refractivity contribution is 4.96. The number of rotatable bonds is 4. The van der Waals surface area contributed by atoms with Gasteiger partial charge >= 0.3 is 0 Å². The van der Waals surface area contributed by atoms with Crippen molar-refractivity contribution in [2.24, 2.45) is 5.92 Å². The predicted molar refractivity (Wildman–Crippen MR) is 80.3 cm³/mol. The minimum absolute atomic E-state index is 0.0145. The van der Waals surface area contributed by atoms with Crippen molar-refractivity contribution in [3.05, 3.63) is 0 Å². The lowest BCUT2D eigenvalue weighted by molar-refractivity contribution is 0.0646. The Bertz CT molecular complexity index is 265. The highest BCUT2D eigenvalue weighted by Crippen LogP contribution is 2.32. The lowest BCUT2D eigenvalue weighted by Gasteiger charge is -2.43. The number of nitrogens with zero attached hydrogens (tertiary/aromatic N) is 1. The zero-order valence-corrected chi connectivity index (χ0v) is 12.8. The molecule has 2 N–H and O–H groups in total. The van der Waals surface area contributed by atoms with E-state index in [2.05, 4.69) is 17.1 Å². The second kappa shape index (κ2) is 7.05. The number of hydrogen-bond donors (Lipinski definition) is 2. The molecule has 0 spiro atoms. The molecule has 3 unspecified atom stereocenters. The van der Waals surface area contributed by atoms with Crippen molar-refractivity contribution in [1.29, 1.82) is 0 Å². The van der Waals surface area contributed by atoms with Gasteiger partial charge in [0.05, 0.1) is 6.61 Å². The average molecular weight is 268 g/mol. The van der Waals surface area contributed by atoms with Gasteiger partial charge < -0.3 is 15.3 Å². The molecule has 2 aliphatic rings. The molecule has 0 aromatic heterocycles. The van der Waals surface area contributed by atoms with Crippen LogP contribution in [0.1, 0.15) is 58.3 Å². The monoisotopic (exact) mass is 268 g/mol. The SMILES string of the molecule is CCC1CCCN(C2CCCC(CO)(NC)C2)CC1. The van der Waals surface area contributed by atoms with Crippen molar-refractivity contribution >= 4 is 0 Å². The summed E-state index contributed by atoms with van der Waals surface area (Å²) in [6.45, 7) is 5.16. The summed E-state index contributed by atoms with van der Waals surface area (Å²) >= 11 is 0. The van der Waals surface area contributed by atoms with Gasteiger partial charge in [-0.2, -0.15) is 0 Å². The summed E-state index contributed by atoms with van der Waals surface area (Å²) in [6.07, 6.45) is 10.3. The van der Waals surface area contributed by atoms with E-state index in [4.69, 9.17) is 0 Å². The maximum absolute atomic E-state index is 9.71. The minimum atomic E-state index is -0.0145. The molecule has 1 heterocycles. The Morgan fingerprint density at radius 1 is 1.21 bits per heavy atom. The molecule has 2 rings (SSSR count). The fourth-order valence-electron chi connectivity index (χ4n) is 4.05. The van der Waals surface area contributed by atoms with Crippen molar-refractivity contribution in [3.8, 4) is 0 Å². The zero-order valence-electron chi connectivity index (χ0n) is 12.8. The van der Waals surface area contributed by atoms with Crippen molar-refractivity contribution in [2.75, 3.05) is 26.7 Å². The van der Waals surface area contributed by atoms with Crippen LogP contribution in [0.2, 0.25) is 0 Å². The Morgan fingerprint density at radius 3 is 2.74 bits per heavy atom. The van der Waals surface area contributed by atoms with E-state index in [0.29, 0.717) is 6.04 Å². The van der Waals surface area contributed by atoms with Gasteiger partial charge in [0.25, 0.3) is 0 Å². The first-order chi connectivity index (χ1) is 9.23. The number of hydrogen-bond acceptors (Lipinski definition) is 3. The third-order valence-corrected chi connectivity index (χ3v) is 5.63. The number of nitrogens with one attached hydrogen (secondary N) is 1. The highest BCUT2D eigenvalue weighted by Gasteiger charge is 2.37. The summed E-state index contributed by atoms with van der Waals surface area (Å²) in [5.74, 6) is 0.945. The van der Waals surface area contributed by atoms with Gasteiger partial charge in [-0.15, -0.1) is 0 Å². The first-order valence-electron chi connectivity index (χ1n) is 8.27. The molecule has 2 fully saturated rings. The van der Waals surface area contributed by atoms with Gasteiger partial charge in [0.15, 0.2) is 0 Å². The molecule has 19 heavy (non-hydrogen) atoms. The third kappa shape index (κ3) is 3.71. The fourth-order valence-corrected chi connectivity index (χ4v) is 4.05. The zero-order chi connectivity index (χ0) is 13.7. The summed E-state index contributed by atoms with van der Waals surface area (Å²) < 4.78 is 0. The molecule has 0 amide bonds. The number of aliphatic hydroxyl groups is 1. The van der Waals surface area contributed by atoms with E-state index >= 15 is 0 Å². The largest absolute Gasteiger partial charge is 0.394 e. The van der Waals surface area contributed by atoms with Crippen LogP contribution in [0.4, 0.5) is 0 Å². The standard InChI is InChI=1S/C16H32N2O/c1-3-14-6-5-10-18(11-8-14)15-7-4-9-16(12-15,13-19)17-2/h14-15,17,19H,3-13H2,1-2H3. The lowest BCUT2D eigenvalue weighted by atomic mass is 9.79. The van der Waals surface area contributed by atoms with E-state index < -0.39 is 0 Å². The van der Waals surface area contributed by atoms with Crippen LogP contribution in [0.5, 0.6) is 0 Å². The molecular weight excluding hydrogens is 236 g/mol. The van der Waals surface area contributed by atoms with Crippen molar-refractivity contribution in [2.45, 2.75) is 69.9 Å². The van der Waals surface area contributed by atoms with Gasteiger partial charge in [-0.25, -0.2) is 0 Å². The number of aliphatic hydroxyl groups excluding tert-OH is 1. The van der Waals surface area contributed by atoms with Crippen LogP contribution in [-0.4, -0.2) is 48.3 Å². The molecule has 0 aromatic rings. The summed E-state index contributed by atoms with van der Waals surface area (Å²) in [4.78, 5) is 2.72. The van der Waals surface area contributed by atoms with E-state index in [0.717, 1.165) is 18.8 Å². The van der Waals surface area contributed by atoms with E-state index in [9.17, 15) is 5.11 Å². The minimum Gasteiger partial charge on any atom is -0.394 e. The van der Waals surface area contributed by atoms with Gasteiger partial charge in [-0.1, -0.05) is 13.3 Å². The summed E-state index contributed by atoms with van der Waals surface area (Å²) in [7, 11) is 2.01. The molecule has 3 heteroatoms. The molecule has 0 radical (unpaired) electrons. The summed E-state index contributed by atoms with van der Waals surface area (Å²) in [5.41, 5.74) is -0.0145. The Morgan fingerprint density at radius 2 is 2.05 bits per heavy atom. The molecule has 3 nitrogen and oxygen atoms in total. The first-order valence-corrected chi connectivity index (χ1v) is 8.27. The van der Waals surface area contributed by atoms with Crippen molar-refractivity contribution in [3.63, 3.8) is 0 Å². The second-order valence-electron chi connectivity index (χ2n) is 6.68. The van der Waals surface area contributed by atoms with Gasteiger partial charge in [0.1, 0.15) is 0 Å². The van der Waals surface area contributed by atoms with Crippen LogP contribution in [0.25, 0.3) is 0 Å². The topological polar surface area (TPSA) is 35.5 Å². The molecule has 1 aliphatic carbocycles. The molecule has 1 aliphatic heterocycles. The molecule has 112 valence electrons. The number of likely N-dealkylation sites (tertiary alicyclic amines) is 1. The predicted octanol–water partition coefficient (Wildman–Crippen LogP) is 2.39. The maximum Gasteiger partial charge on any atom is 0.0613 e. The second-order valence-corrected chi connectivity index (χ2v) is 6.68. The smallest absolute Gasteiger partial charge is 0.0613 e. The van der Waals surface area contributed by atoms with E-state index in [1.807, 2.05) is 7.05 Å². The van der Waals surface area contributed by atoms with Crippen LogP contribution < -0.4 is 5.32 Å². The lowest BCUT2D eigenvalue weighted by Crippen LogP contribution is -2.54. The van der Waals surface area contributed by atoms with Crippen LogP contribution in [0, 0.1) is 5.92 Å². The molecule has 3 atom stereocenters. The van der Waals surface area contributed by atoms with E-state index in [-0.39, 0.29) is 12.1 Å². The van der Waals surface area contributed by atoms with Gasteiger partial charge in [-0.3, -0.25) is 0 Å². The first kappa shape index (κ1) is 15.3. The summed E-state index contributed by atoms with van der Waals surface area (Å²) in [6, 6.07) is 0.684. The van der Waals surface area contributed by atoms with Gasteiger partial charge in [-0.05, 0) is 71.0 Å². The normalized spacial score (nSPS) is 38.1. The fraction of sp³-hybridized carbons (Fsp3) is 1.00. The molecule has 1 saturated heterocycles. The van der Waals surface area contributed by atoms with Crippen molar-refractivity contribution < 1.29 is 5.11 Å². The van der Waals surface area contributed by atoms with Gasteiger partial charge in [0, 0.05) is 11.6 Å². The highest BCUT2D eigenvalue weighted by atomic mass is 16.3. The van der Waals surface area contributed by atoms with Crippen LogP contribution in [0.3, 0.4) is 0 Å². The maximum atomic E-state index is 9.71. The number of likely N-dealkylation sites (N-methyl/N-ethyl adjacent to an activating group) is 1. The Balaban J connectivity index is 1.93. The Hall–Kier alpha value is -0.120. The van der Waals surface area contributed by atoms with E-state index in [1.54, 1.807) is 0 Å². The Labute approximate surface area is 118 Å². The van der Waals surface area contributed by atoms with Gasteiger partial charge in [0.2, 0.25) is 0 Å². The Kier molecular flexibility index (Phi) is 5.67. The molecule has 0 aromatic carbocycles. The quantitative estimate of drug-likeness (QED) is 0.822. The molecule has 0 bridgehead atoms. The summed E-state index contributed by atoms with van der Waals surface area (Å²) in [5, 5.41) is 13.1. The molecular formula is C16H32N2O. The third-order valence-electron chi connectivity index (χ3n) is 5.63. The van der Waals surface area contributed by atoms with Crippen LogP contribution >= 0.6 is 0 Å². The molecule has 1 saturated carbocycles. The van der Waals surface area contributed by atoms with Crippen LogP contribution in [0.15, 0.2) is 0 Å².